The van der Waals surface area contributed by atoms with Crippen molar-refractivity contribution in [1.82, 2.24) is 4.90 Å². The summed E-state index contributed by atoms with van der Waals surface area (Å²) in [5.74, 6) is 1.47. The lowest BCUT2D eigenvalue weighted by molar-refractivity contribution is 0.290. The van der Waals surface area contributed by atoms with Crippen LogP contribution in [0.2, 0.25) is 0 Å². The smallest absolute Gasteiger partial charge is 0.00446 e. The maximum absolute atomic E-state index is 2.46. The van der Waals surface area contributed by atoms with Gasteiger partial charge in [0.2, 0.25) is 0 Å². The van der Waals surface area contributed by atoms with Crippen molar-refractivity contribution in [3.63, 3.8) is 0 Å². The van der Waals surface area contributed by atoms with Gasteiger partial charge in [-0.3, -0.25) is 0 Å². The molecule has 1 aromatic rings. The van der Waals surface area contributed by atoms with Crippen LogP contribution in [0.1, 0.15) is 45.1 Å². The van der Waals surface area contributed by atoms with Gasteiger partial charge in [-0.2, -0.15) is 0 Å². The van der Waals surface area contributed by atoms with E-state index in [1.165, 1.54) is 24.9 Å². The molecule has 0 radical (unpaired) electrons. The van der Waals surface area contributed by atoms with Gasteiger partial charge < -0.3 is 4.90 Å². The minimum Gasteiger partial charge on any atom is -0.306 e. The van der Waals surface area contributed by atoms with Gasteiger partial charge in [-0.05, 0) is 37.4 Å². The highest BCUT2D eigenvalue weighted by molar-refractivity contribution is 5.18. The van der Waals surface area contributed by atoms with E-state index in [0.717, 1.165) is 12.5 Å². The summed E-state index contributed by atoms with van der Waals surface area (Å²) in [5, 5.41) is 0. The molecule has 1 aromatic carbocycles. The summed E-state index contributed by atoms with van der Waals surface area (Å²) in [6.45, 7) is 9.30. The lowest BCUT2D eigenvalue weighted by Gasteiger charge is -2.22. The van der Waals surface area contributed by atoms with E-state index in [9.17, 15) is 0 Å². The first-order chi connectivity index (χ1) is 8.13. The van der Waals surface area contributed by atoms with E-state index in [0.29, 0.717) is 5.92 Å². The van der Waals surface area contributed by atoms with E-state index in [2.05, 4.69) is 63.1 Å². The minimum atomic E-state index is 0.623. The van der Waals surface area contributed by atoms with Crippen LogP contribution in [0.4, 0.5) is 0 Å². The number of benzene rings is 1. The number of likely N-dealkylation sites (N-methyl/N-ethyl adjacent to an activating group) is 1. The summed E-state index contributed by atoms with van der Waals surface area (Å²) in [6, 6.07) is 10.8. The topological polar surface area (TPSA) is 3.24 Å². The van der Waals surface area contributed by atoms with E-state index < -0.39 is 0 Å². The predicted molar refractivity (Wildman–Crippen MR) is 76.4 cm³/mol. The Bertz CT molecular complexity index is 294. The Morgan fingerprint density at radius 1 is 1.12 bits per heavy atom. The molecule has 0 N–H and O–H groups in total. The van der Waals surface area contributed by atoms with Crippen LogP contribution in [-0.4, -0.2) is 25.0 Å². The number of hydrogen-bond donors (Lipinski definition) is 0. The van der Waals surface area contributed by atoms with E-state index >= 15 is 0 Å². The van der Waals surface area contributed by atoms with Crippen LogP contribution in [0, 0.1) is 5.92 Å². The highest BCUT2D eigenvalue weighted by Crippen LogP contribution is 2.16. The first-order valence-electron chi connectivity index (χ1n) is 6.87. The second-order valence-electron chi connectivity index (χ2n) is 5.38. The van der Waals surface area contributed by atoms with Gasteiger partial charge in [0.1, 0.15) is 0 Å². The number of hydrogen-bond acceptors (Lipinski definition) is 1. The molecule has 0 saturated carbocycles. The second kappa shape index (κ2) is 7.50. The van der Waals surface area contributed by atoms with Gasteiger partial charge in [-0.15, -0.1) is 0 Å². The number of nitrogens with zero attached hydrogens (tertiary/aromatic N) is 1. The normalized spacial score (nSPS) is 14.9. The Hall–Kier alpha value is -0.820. The zero-order valence-corrected chi connectivity index (χ0v) is 11.8. The van der Waals surface area contributed by atoms with Crippen LogP contribution >= 0.6 is 0 Å². The van der Waals surface area contributed by atoms with E-state index in [1.54, 1.807) is 0 Å². The van der Waals surface area contributed by atoms with Crippen molar-refractivity contribution in [2.75, 3.05) is 20.1 Å². The monoisotopic (exact) mass is 233 g/mol. The maximum Gasteiger partial charge on any atom is 0.00446 e. The summed E-state index contributed by atoms with van der Waals surface area (Å²) in [7, 11) is 2.24. The SMILES string of the molecule is CCC(C)CCN(C)CC(C)c1ccccc1. The highest BCUT2D eigenvalue weighted by atomic mass is 15.1. The average molecular weight is 233 g/mol. The first kappa shape index (κ1) is 14.2. The van der Waals surface area contributed by atoms with Gasteiger partial charge in [0.05, 0.1) is 0 Å². The van der Waals surface area contributed by atoms with Crippen LogP contribution in [0.15, 0.2) is 30.3 Å². The molecule has 17 heavy (non-hydrogen) atoms. The molecule has 0 fully saturated rings. The summed E-state index contributed by atoms with van der Waals surface area (Å²) < 4.78 is 0. The van der Waals surface area contributed by atoms with Gasteiger partial charge in [-0.1, -0.05) is 57.5 Å². The molecule has 1 heteroatoms. The largest absolute Gasteiger partial charge is 0.306 e. The predicted octanol–water partition coefficient (Wildman–Crippen LogP) is 4.16. The Labute approximate surface area is 107 Å². The van der Waals surface area contributed by atoms with Crippen molar-refractivity contribution in [2.45, 2.75) is 39.5 Å². The second-order valence-corrected chi connectivity index (χ2v) is 5.38. The molecule has 0 aliphatic carbocycles. The summed E-state index contributed by atoms with van der Waals surface area (Å²) >= 11 is 0. The molecule has 2 unspecified atom stereocenters. The highest BCUT2D eigenvalue weighted by Gasteiger charge is 2.09. The van der Waals surface area contributed by atoms with Crippen molar-refractivity contribution in [3.8, 4) is 0 Å². The standard InChI is InChI=1S/C16H27N/c1-5-14(2)11-12-17(4)13-15(3)16-9-7-6-8-10-16/h6-10,14-15H,5,11-13H2,1-4H3. The molecule has 0 amide bonds. The van der Waals surface area contributed by atoms with Gasteiger partial charge >= 0.3 is 0 Å². The number of rotatable bonds is 7. The first-order valence-corrected chi connectivity index (χ1v) is 6.87. The Balaban J connectivity index is 2.33. The molecule has 96 valence electrons. The Morgan fingerprint density at radius 2 is 1.76 bits per heavy atom. The van der Waals surface area contributed by atoms with Crippen molar-refractivity contribution < 1.29 is 0 Å². The Morgan fingerprint density at radius 3 is 2.35 bits per heavy atom. The summed E-state index contributed by atoms with van der Waals surface area (Å²) in [4.78, 5) is 2.46. The van der Waals surface area contributed by atoms with Gasteiger partial charge in [-0.25, -0.2) is 0 Å². The van der Waals surface area contributed by atoms with Gasteiger partial charge in [0.25, 0.3) is 0 Å². The third kappa shape index (κ3) is 5.36. The molecule has 0 aromatic heterocycles. The zero-order chi connectivity index (χ0) is 12.7. The molecular weight excluding hydrogens is 206 g/mol. The Kier molecular flexibility index (Phi) is 6.28. The lowest BCUT2D eigenvalue weighted by Crippen LogP contribution is -2.25. The summed E-state index contributed by atoms with van der Waals surface area (Å²) in [6.07, 6.45) is 2.61. The molecule has 1 rings (SSSR count). The van der Waals surface area contributed by atoms with Crippen molar-refractivity contribution in [1.29, 1.82) is 0 Å². The fraction of sp³-hybridized carbons (Fsp3) is 0.625. The van der Waals surface area contributed by atoms with E-state index in [4.69, 9.17) is 0 Å². The van der Waals surface area contributed by atoms with E-state index in [-0.39, 0.29) is 0 Å². The third-order valence-corrected chi connectivity index (χ3v) is 3.65. The molecule has 0 aliphatic rings. The van der Waals surface area contributed by atoms with Crippen molar-refractivity contribution >= 4 is 0 Å². The molecule has 0 heterocycles. The summed E-state index contributed by atoms with van der Waals surface area (Å²) in [5.41, 5.74) is 1.45. The van der Waals surface area contributed by atoms with Gasteiger partial charge in [0.15, 0.2) is 0 Å². The van der Waals surface area contributed by atoms with Crippen LogP contribution in [-0.2, 0) is 0 Å². The fourth-order valence-corrected chi connectivity index (χ4v) is 2.09. The van der Waals surface area contributed by atoms with Crippen LogP contribution in [0.3, 0.4) is 0 Å². The van der Waals surface area contributed by atoms with Crippen molar-refractivity contribution in [2.24, 2.45) is 5.92 Å². The molecule has 0 spiro atoms. The van der Waals surface area contributed by atoms with Crippen LogP contribution in [0.5, 0.6) is 0 Å². The van der Waals surface area contributed by atoms with E-state index in [1.807, 2.05) is 0 Å². The van der Waals surface area contributed by atoms with Crippen LogP contribution < -0.4 is 0 Å². The molecule has 2 atom stereocenters. The fourth-order valence-electron chi connectivity index (χ4n) is 2.09. The maximum atomic E-state index is 2.46. The minimum absolute atomic E-state index is 0.623. The quantitative estimate of drug-likeness (QED) is 0.683. The molecular formula is C16H27N. The molecule has 1 nitrogen and oxygen atoms in total. The lowest BCUT2D eigenvalue weighted by atomic mass is 10.00. The van der Waals surface area contributed by atoms with Crippen molar-refractivity contribution in [3.05, 3.63) is 35.9 Å². The molecule has 0 saturated heterocycles. The molecule has 0 bridgehead atoms. The molecule has 0 aliphatic heterocycles. The zero-order valence-electron chi connectivity index (χ0n) is 11.8. The van der Waals surface area contributed by atoms with Crippen LogP contribution in [0.25, 0.3) is 0 Å². The third-order valence-electron chi connectivity index (χ3n) is 3.65. The van der Waals surface area contributed by atoms with Gasteiger partial charge in [0, 0.05) is 6.54 Å². The average Bonchev–Trinajstić information content (AvgIpc) is 2.36.